The second kappa shape index (κ2) is 11.0. The van der Waals surface area contributed by atoms with E-state index in [9.17, 15) is 4.79 Å². The Morgan fingerprint density at radius 3 is 2.76 bits per heavy atom. The normalized spacial score (nSPS) is 23.4. The molecule has 0 saturated carbocycles. The molecule has 7 heteroatoms. The average Bonchev–Trinajstić information content (AvgIpc) is 3.02. The van der Waals surface area contributed by atoms with Crippen molar-refractivity contribution in [3.8, 4) is 0 Å². The summed E-state index contributed by atoms with van der Waals surface area (Å²) in [6, 6.07) is 10.4. The molecule has 0 bridgehead atoms. The van der Waals surface area contributed by atoms with Crippen LogP contribution in [0.15, 0.2) is 30.3 Å². The predicted octanol–water partition coefficient (Wildman–Crippen LogP) is 1.80. The van der Waals surface area contributed by atoms with E-state index >= 15 is 0 Å². The Morgan fingerprint density at radius 2 is 2.08 bits per heavy atom. The van der Waals surface area contributed by atoms with Crippen molar-refractivity contribution in [3.05, 3.63) is 35.9 Å². The van der Waals surface area contributed by atoms with E-state index < -0.39 is 0 Å². The van der Waals surface area contributed by atoms with Gasteiger partial charge in [0.05, 0.1) is 13.2 Å². The summed E-state index contributed by atoms with van der Waals surface area (Å²) in [6.45, 7) is 5.99. The molecule has 2 atom stereocenters. The lowest BCUT2D eigenvalue weighted by molar-refractivity contribution is -0.135. The number of carbonyl (C=O) groups excluding carboxylic acids is 1. The zero-order chi connectivity index (χ0) is 16.1. The van der Waals surface area contributed by atoms with Crippen LogP contribution in [-0.4, -0.2) is 68.2 Å². The standard InChI is InChI=1S/C18H27N3O2.2ClH/c1-20(18(22)17-14-23-10-8-19-17)11-16-7-9-21(13-16)12-15-5-3-2-4-6-15;;/h2-6,16-17,19H,7-14H2,1H3;2*1H. The van der Waals surface area contributed by atoms with Gasteiger partial charge in [0, 0.05) is 33.2 Å². The van der Waals surface area contributed by atoms with E-state index in [0.717, 1.165) is 32.7 Å². The Labute approximate surface area is 162 Å². The molecule has 1 N–H and O–H groups in total. The van der Waals surface area contributed by atoms with Gasteiger partial charge in [0.1, 0.15) is 6.04 Å². The molecule has 2 unspecified atom stereocenters. The van der Waals surface area contributed by atoms with E-state index in [1.54, 1.807) is 0 Å². The lowest BCUT2D eigenvalue weighted by atomic mass is 10.1. The summed E-state index contributed by atoms with van der Waals surface area (Å²) in [7, 11) is 1.92. The number of rotatable bonds is 5. The van der Waals surface area contributed by atoms with E-state index in [1.165, 1.54) is 12.0 Å². The monoisotopic (exact) mass is 389 g/mol. The van der Waals surface area contributed by atoms with Crippen molar-refractivity contribution in [1.82, 2.24) is 15.1 Å². The van der Waals surface area contributed by atoms with Crippen molar-refractivity contribution >= 4 is 30.7 Å². The van der Waals surface area contributed by atoms with Gasteiger partial charge >= 0.3 is 0 Å². The first kappa shape index (κ1) is 22.2. The van der Waals surface area contributed by atoms with Crippen LogP contribution >= 0.6 is 24.8 Å². The van der Waals surface area contributed by atoms with Crippen LogP contribution < -0.4 is 5.32 Å². The Hall–Kier alpha value is -0.850. The minimum atomic E-state index is -0.171. The molecule has 1 amide bonds. The Morgan fingerprint density at radius 1 is 1.32 bits per heavy atom. The third-order valence-corrected chi connectivity index (χ3v) is 4.75. The number of halogens is 2. The van der Waals surface area contributed by atoms with E-state index in [0.29, 0.717) is 19.1 Å². The van der Waals surface area contributed by atoms with Gasteiger partial charge in [-0.25, -0.2) is 0 Å². The Bertz CT molecular complexity index is 512. The highest BCUT2D eigenvalue weighted by atomic mass is 35.5. The fourth-order valence-electron chi connectivity index (χ4n) is 3.51. The molecule has 5 nitrogen and oxygen atoms in total. The van der Waals surface area contributed by atoms with Gasteiger partial charge in [-0.05, 0) is 24.4 Å². The zero-order valence-corrected chi connectivity index (χ0v) is 16.4. The van der Waals surface area contributed by atoms with Gasteiger partial charge < -0.3 is 15.0 Å². The number of hydrogen-bond donors (Lipinski definition) is 1. The molecule has 0 radical (unpaired) electrons. The smallest absolute Gasteiger partial charge is 0.241 e. The van der Waals surface area contributed by atoms with Gasteiger partial charge in [0.15, 0.2) is 0 Å². The summed E-state index contributed by atoms with van der Waals surface area (Å²) >= 11 is 0. The van der Waals surface area contributed by atoms with Crippen molar-refractivity contribution in [1.29, 1.82) is 0 Å². The van der Waals surface area contributed by atoms with Crippen LogP contribution in [-0.2, 0) is 16.1 Å². The molecule has 3 rings (SSSR count). The minimum absolute atomic E-state index is 0. The SMILES string of the molecule is CN(CC1CCN(Cc2ccccc2)C1)C(=O)C1COCCN1.Cl.Cl. The fourth-order valence-corrected chi connectivity index (χ4v) is 3.51. The van der Waals surface area contributed by atoms with Crippen LogP contribution in [0.1, 0.15) is 12.0 Å². The summed E-state index contributed by atoms with van der Waals surface area (Å²) in [5.74, 6) is 0.725. The number of nitrogens with one attached hydrogen (secondary N) is 1. The van der Waals surface area contributed by atoms with Gasteiger partial charge in [-0.3, -0.25) is 9.69 Å². The lowest BCUT2D eigenvalue weighted by Gasteiger charge is -2.29. The van der Waals surface area contributed by atoms with E-state index in [2.05, 4.69) is 40.5 Å². The molecular weight excluding hydrogens is 361 g/mol. The number of likely N-dealkylation sites (tertiary alicyclic amines) is 1. The number of likely N-dealkylation sites (N-methyl/N-ethyl adjacent to an activating group) is 1. The maximum atomic E-state index is 12.4. The maximum Gasteiger partial charge on any atom is 0.241 e. The first-order valence-electron chi connectivity index (χ1n) is 8.55. The van der Waals surface area contributed by atoms with Crippen LogP contribution in [0.25, 0.3) is 0 Å². The molecule has 25 heavy (non-hydrogen) atoms. The molecule has 2 aliphatic rings. The van der Waals surface area contributed by atoms with Gasteiger partial charge in [0.25, 0.3) is 0 Å². The van der Waals surface area contributed by atoms with Gasteiger partial charge in [-0.15, -0.1) is 24.8 Å². The molecule has 1 aromatic rings. The lowest BCUT2D eigenvalue weighted by Crippen LogP contribution is -2.52. The molecule has 142 valence electrons. The maximum absolute atomic E-state index is 12.4. The fraction of sp³-hybridized carbons (Fsp3) is 0.611. The topological polar surface area (TPSA) is 44.8 Å². The molecule has 2 aliphatic heterocycles. The third kappa shape index (κ3) is 6.42. The van der Waals surface area contributed by atoms with Crippen molar-refractivity contribution in [2.75, 3.05) is 46.4 Å². The first-order chi connectivity index (χ1) is 11.2. The molecule has 1 aromatic carbocycles. The second-order valence-corrected chi connectivity index (χ2v) is 6.68. The number of morpholine rings is 1. The number of hydrogen-bond acceptors (Lipinski definition) is 4. The van der Waals surface area contributed by atoms with Gasteiger partial charge in [-0.2, -0.15) is 0 Å². The second-order valence-electron chi connectivity index (χ2n) is 6.68. The van der Waals surface area contributed by atoms with Crippen LogP contribution in [0.5, 0.6) is 0 Å². The molecule has 2 heterocycles. The highest BCUT2D eigenvalue weighted by molar-refractivity contribution is 5.85. The predicted molar refractivity (Wildman–Crippen MR) is 105 cm³/mol. The van der Waals surface area contributed by atoms with E-state index in [1.807, 2.05) is 11.9 Å². The molecule has 0 aromatic heterocycles. The number of carbonyl (C=O) groups is 1. The van der Waals surface area contributed by atoms with Crippen molar-refractivity contribution in [2.24, 2.45) is 5.92 Å². The molecular formula is C18H29Cl2N3O2. The van der Waals surface area contributed by atoms with Crippen molar-refractivity contribution in [2.45, 2.75) is 19.0 Å². The van der Waals surface area contributed by atoms with Crippen LogP contribution in [0.4, 0.5) is 0 Å². The molecule has 2 saturated heterocycles. The summed E-state index contributed by atoms with van der Waals surface area (Å²) in [4.78, 5) is 16.8. The average molecular weight is 390 g/mol. The van der Waals surface area contributed by atoms with Crippen molar-refractivity contribution in [3.63, 3.8) is 0 Å². The van der Waals surface area contributed by atoms with Crippen LogP contribution in [0, 0.1) is 5.92 Å². The largest absolute Gasteiger partial charge is 0.378 e. The minimum Gasteiger partial charge on any atom is -0.378 e. The summed E-state index contributed by atoms with van der Waals surface area (Å²) < 4.78 is 5.39. The summed E-state index contributed by atoms with van der Waals surface area (Å²) in [6.07, 6.45) is 1.17. The Balaban J connectivity index is 0.00000156. The number of benzene rings is 1. The number of amides is 1. The quantitative estimate of drug-likeness (QED) is 0.833. The number of nitrogens with zero attached hydrogens (tertiary/aromatic N) is 2. The molecule has 2 fully saturated rings. The van der Waals surface area contributed by atoms with E-state index in [-0.39, 0.29) is 36.8 Å². The van der Waals surface area contributed by atoms with Crippen LogP contribution in [0.3, 0.4) is 0 Å². The third-order valence-electron chi connectivity index (χ3n) is 4.75. The van der Waals surface area contributed by atoms with Crippen LogP contribution in [0.2, 0.25) is 0 Å². The molecule has 0 aliphatic carbocycles. The first-order valence-corrected chi connectivity index (χ1v) is 8.55. The van der Waals surface area contributed by atoms with Crippen molar-refractivity contribution < 1.29 is 9.53 Å². The highest BCUT2D eigenvalue weighted by Crippen LogP contribution is 2.19. The Kier molecular flexibility index (Phi) is 9.75. The van der Waals surface area contributed by atoms with E-state index in [4.69, 9.17) is 4.74 Å². The number of ether oxygens (including phenoxy) is 1. The zero-order valence-electron chi connectivity index (χ0n) is 14.7. The summed E-state index contributed by atoms with van der Waals surface area (Å²) in [5, 5.41) is 3.24. The molecule has 0 spiro atoms. The van der Waals surface area contributed by atoms with Gasteiger partial charge in [-0.1, -0.05) is 30.3 Å². The summed E-state index contributed by atoms with van der Waals surface area (Å²) in [5.41, 5.74) is 1.36. The highest BCUT2D eigenvalue weighted by Gasteiger charge is 2.28. The van der Waals surface area contributed by atoms with Gasteiger partial charge in [0.2, 0.25) is 5.91 Å².